The second-order valence-corrected chi connectivity index (χ2v) is 11.1. The molecular weight excluding hydrogens is 446 g/mol. The summed E-state index contributed by atoms with van der Waals surface area (Å²) in [4.78, 5) is 29.7. The van der Waals surface area contributed by atoms with Crippen LogP contribution in [0.2, 0.25) is 0 Å². The molecule has 0 radical (unpaired) electrons. The van der Waals surface area contributed by atoms with E-state index in [2.05, 4.69) is 4.72 Å². The number of ether oxygens (including phenoxy) is 2. The van der Waals surface area contributed by atoms with E-state index in [1.807, 2.05) is 18.7 Å². The molecule has 9 nitrogen and oxygen atoms in total. The number of carbonyl (C=O) groups is 2. The van der Waals surface area contributed by atoms with Gasteiger partial charge in [0.25, 0.3) is 5.91 Å². The number of fused-ring (bicyclic) bond motifs is 1. The molecule has 1 fully saturated rings. The molecule has 1 heterocycles. The van der Waals surface area contributed by atoms with Crippen molar-refractivity contribution in [1.82, 2.24) is 9.80 Å². The predicted octanol–water partition coefficient (Wildman–Crippen LogP) is 2.19. The number of rotatable bonds is 5. The van der Waals surface area contributed by atoms with Crippen molar-refractivity contribution in [1.29, 1.82) is 0 Å². The Kier molecular flexibility index (Phi) is 7.89. The molecule has 1 aromatic rings. The normalized spacial score (nSPS) is 24.9. The summed E-state index contributed by atoms with van der Waals surface area (Å²) in [6, 6.07) is 4.41. The average molecular weight is 482 g/mol. The average Bonchev–Trinajstić information content (AvgIpc) is 3.55. The lowest BCUT2D eigenvalue weighted by molar-refractivity contribution is -0.135. The summed E-state index contributed by atoms with van der Waals surface area (Å²) in [5.41, 5.74) is 0.525. The van der Waals surface area contributed by atoms with E-state index in [0.29, 0.717) is 31.2 Å². The van der Waals surface area contributed by atoms with Crippen LogP contribution in [-0.2, 0) is 19.6 Å². The number of nitrogens with zero attached hydrogens (tertiary/aromatic N) is 2. The summed E-state index contributed by atoms with van der Waals surface area (Å²) in [5, 5.41) is 0. The summed E-state index contributed by atoms with van der Waals surface area (Å²) < 4.78 is 37.5. The van der Waals surface area contributed by atoms with Gasteiger partial charge in [0.2, 0.25) is 15.9 Å². The van der Waals surface area contributed by atoms with Crippen LogP contribution in [0.25, 0.3) is 0 Å². The van der Waals surface area contributed by atoms with Crippen LogP contribution in [0.15, 0.2) is 18.2 Å². The number of nitrogens with one attached hydrogen (secondary N) is 1. The second kappa shape index (κ2) is 10.3. The molecule has 0 aromatic heterocycles. The highest BCUT2D eigenvalue weighted by Gasteiger charge is 2.33. The first kappa shape index (κ1) is 25.3. The van der Waals surface area contributed by atoms with Gasteiger partial charge in [-0.15, -0.1) is 0 Å². The monoisotopic (exact) mass is 481 g/mol. The first-order chi connectivity index (χ1) is 15.5. The van der Waals surface area contributed by atoms with Gasteiger partial charge >= 0.3 is 0 Å². The number of hydrogen-bond donors (Lipinski definition) is 1. The smallest absolute Gasteiger partial charge is 0.257 e. The van der Waals surface area contributed by atoms with E-state index in [4.69, 9.17) is 9.47 Å². The molecule has 33 heavy (non-hydrogen) atoms. The molecule has 0 spiro atoms. The number of carbonyl (C=O) groups excluding carboxylic acids is 2. The largest absolute Gasteiger partial charge is 0.491 e. The van der Waals surface area contributed by atoms with Crippen molar-refractivity contribution in [3.05, 3.63) is 23.8 Å². The summed E-state index contributed by atoms with van der Waals surface area (Å²) in [6.07, 6.45) is 3.53. The highest BCUT2D eigenvalue weighted by molar-refractivity contribution is 7.92. The summed E-state index contributed by atoms with van der Waals surface area (Å²) in [6.45, 7) is 5.01. The van der Waals surface area contributed by atoms with Gasteiger partial charge < -0.3 is 19.3 Å². The quantitative estimate of drug-likeness (QED) is 0.691. The van der Waals surface area contributed by atoms with E-state index >= 15 is 0 Å². The van der Waals surface area contributed by atoms with Gasteiger partial charge in [-0.25, -0.2) is 8.42 Å². The van der Waals surface area contributed by atoms with Crippen LogP contribution < -0.4 is 9.46 Å². The topological polar surface area (TPSA) is 105 Å². The molecule has 2 amide bonds. The molecule has 0 saturated heterocycles. The van der Waals surface area contributed by atoms with Crippen molar-refractivity contribution in [2.45, 2.75) is 45.3 Å². The van der Waals surface area contributed by atoms with Crippen LogP contribution in [0.1, 0.15) is 43.5 Å². The zero-order chi connectivity index (χ0) is 24.3. The van der Waals surface area contributed by atoms with Crippen LogP contribution in [0.5, 0.6) is 5.75 Å². The second-order valence-electron chi connectivity index (χ2n) is 9.38. The van der Waals surface area contributed by atoms with E-state index in [-0.39, 0.29) is 47.7 Å². The maximum absolute atomic E-state index is 13.3. The van der Waals surface area contributed by atoms with E-state index in [1.54, 1.807) is 31.2 Å². The third-order valence-corrected chi connectivity index (χ3v) is 6.83. The number of hydrogen-bond acceptors (Lipinski definition) is 6. The molecule has 3 rings (SSSR count). The van der Waals surface area contributed by atoms with Gasteiger partial charge in [-0.3, -0.25) is 14.3 Å². The minimum atomic E-state index is -3.51. The van der Waals surface area contributed by atoms with Gasteiger partial charge in [0.1, 0.15) is 12.4 Å². The van der Waals surface area contributed by atoms with Crippen LogP contribution in [0, 0.1) is 11.8 Å². The SMILES string of the molecule is CO[C@H]1CN(C)C(=O)c2cc(NS(C)(=O)=O)ccc2OC[C@@H](C)N(C(=O)CC2CC2)C[C@@H]1C. The molecule has 10 heteroatoms. The van der Waals surface area contributed by atoms with Crippen LogP contribution >= 0.6 is 0 Å². The minimum Gasteiger partial charge on any atom is -0.491 e. The van der Waals surface area contributed by atoms with Crippen molar-refractivity contribution in [3.63, 3.8) is 0 Å². The fourth-order valence-electron chi connectivity index (χ4n) is 4.09. The molecule has 1 aliphatic carbocycles. The van der Waals surface area contributed by atoms with E-state index in [9.17, 15) is 18.0 Å². The molecule has 3 atom stereocenters. The molecule has 1 N–H and O–H groups in total. The van der Waals surface area contributed by atoms with Crippen LogP contribution in [0.4, 0.5) is 5.69 Å². The number of methoxy groups -OCH3 is 1. The fourth-order valence-corrected chi connectivity index (χ4v) is 4.64. The number of benzene rings is 1. The predicted molar refractivity (Wildman–Crippen MR) is 126 cm³/mol. The number of likely N-dealkylation sites (N-methyl/N-ethyl adjacent to an activating group) is 1. The van der Waals surface area contributed by atoms with Crippen LogP contribution in [-0.4, -0.2) is 82.3 Å². The summed E-state index contributed by atoms with van der Waals surface area (Å²) in [5.74, 6) is 0.629. The third kappa shape index (κ3) is 6.83. The molecule has 1 saturated carbocycles. The molecular formula is C23H35N3O6S. The summed E-state index contributed by atoms with van der Waals surface area (Å²) in [7, 11) is -0.225. The fraction of sp³-hybridized carbons (Fsp3) is 0.652. The number of amides is 2. The van der Waals surface area contributed by atoms with Crippen molar-refractivity contribution < 1.29 is 27.5 Å². The Bertz CT molecular complexity index is 978. The van der Waals surface area contributed by atoms with Crippen molar-refractivity contribution in [3.8, 4) is 5.75 Å². The third-order valence-electron chi connectivity index (χ3n) is 6.23. The highest BCUT2D eigenvalue weighted by Crippen LogP contribution is 2.33. The van der Waals surface area contributed by atoms with Crippen molar-refractivity contribution in [2.75, 3.05) is 44.8 Å². The Morgan fingerprint density at radius 1 is 1.24 bits per heavy atom. The van der Waals surface area contributed by atoms with Gasteiger partial charge in [0.15, 0.2) is 0 Å². The molecule has 184 valence electrons. The lowest BCUT2D eigenvalue weighted by atomic mass is 10.0. The summed E-state index contributed by atoms with van der Waals surface area (Å²) >= 11 is 0. The molecule has 0 unspecified atom stereocenters. The first-order valence-electron chi connectivity index (χ1n) is 11.3. The number of sulfonamides is 1. The van der Waals surface area contributed by atoms with Gasteiger partial charge in [-0.1, -0.05) is 6.92 Å². The first-order valence-corrected chi connectivity index (χ1v) is 13.2. The van der Waals surface area contributed by atoms with E-state index < -0.39 is 10.0 Å². The number of anilines is 1. The minimum absolute atomic E-state index is 0.00650. The maximum Gasteiger partial charge on any atom is 0.257 e. The zero-order valence-electron chi connectivity index (χ0n) is 20.0. The van der Waals surface area contributed by atoms with Crippen LogP contribution in [0.3, 0.4) is 0 Å². The Labute approximate surface area is 196 Å². The maximum atomic E-state index is 13.3. The van der Waals surface area contributed by atoms with Crippen molar-refractivity contribution >= 4 is 27.5 Å². The van der Waals surface area contributed by atoms with Crippen molar-refractivity contribution in [2.24, 2.45) is 11.8 Å². The lowest BCUT2D eigenvalue weighted by Gasteiger charge is -2.36. The van der Waals surface area contributed by atoms with Gasteiger partial charge in [-0.2, -0.15) is 0 Å². The Hall–Kier alpha value is -2.33. The van der Waals surface area contributed by atoms with Gasteiger partial charge in [-0.05, 0) is 43.9 Å². The van der Waals surface area contributed by atoms with Gasteiger partial charge in [0.05, 0.1) is 24.0 Å². The standard InChI is InChI=1S/C23H35N3O6S/c1-15-12-26(22(27)10-17-6-7-17)16(2)14-32-20-9-8-18(24-33(5,29)30)11-19(20)23(28)25(3)13-21(15)31-4/h8-9,11,15-17,21,24H,6-7,10,12-14H2,1-5H3/t15-,16+,21-/m0/s1. The molecule has 2 aliphatic rings. The van der Waals surface area contributed by atoms with Gasteiger partial charge in [0, 0.05) is 45.3 Å². The Morgan fingerprint density at radius 2 is 1.94 bits per heavy atom. The zero-order valence-corrected chi connectivity index (χ0v) is 20.9. The molecule has 0 bridgehead atoms. The highest BCUT2D eigenvalue weighted by atomic mass is 32.2. The molecule has 1 aliphatic heterocycles. The molecule has 1 aromatic carbocycles. The lowest BCUT2D eigenvalue weighted by Crippen LogP contribution is -2.48. The van der Waals surface area contributed by atoms with E-state index in [1.165, 1.54) is 6.07 Å². The van der Waals surface area contributed by atoms with E-state index in [0.717, 1.165) is 19.1 Å². The Morgan fingerprint density at radius 3 is 2.55 bits per heavy atom. The Balaban J connectivity index is 1.94.